The van der Waals surface area contributed by atoms with Crippen molar-refractivity contribution in [3.05, 3.63) is 90.0 Å². The minimum atomic E-state index is -3.93. The van der Waals surface area contributed by atoms with Gasteiger partial charge in [-0.3, -0.25) is 13.9 Å². The van der Waals surface area contributed by atoms with Crippen LogP contribution in [0.2, 0.25) is 0 Å². The number of nitrogens with one attached hydrogen (secondary N) is 1. The van der Waals surface area contributed by atoms with Crippen LogP contribution >= 0.6 is 0 Å². The third-order valence-corrected chi connectivity index (χ3v) is 7.76. The second-order valence-corrected chi connectivity index (χ2v) is 11.6. The van der Waals surface area contributed by atoms with Gasteiger partial charge in [-0.25, -0.2) is 8.42 Å². The normalized spacial score (nSPS) is 11.8. The lowest BCUT2D eigenvalue weighted by atomic mass is 10.0. The average molecular weight is 582 g/mol. The number of methoxy groups -OCH3 is 2. The molecule has 0 aliphatic rings. The van der Waals surface area contributed by atoms with Crippen LogP contribution in [0, 0.1) is 0 Å². The second kappa shape index (κ2) is 15.1. The fourth-order valence-electron chi connectivity index (χ4n) is 4.43. The van der Waals surface area contributed by atoms with Crippen molar-refractivity contribution in [1.29, 1.82) is 0 Å². The van der Waals surface area contributed by atoms with Gasteiger partial charge in [0.15, 0.2) is 0 Å². The first-order chi connectivity index (χ1) is 19.7. The summed E-state index contributed by atoms with van der Waals surface area (Å²) in [6.07, 6.45) is 3.01. The Morgan fingerprint density at radius 2 is 1.54 bits per heavy atom. The van der Waals surface area contributed by atoms with Gasteiger partial charge in [0.05, 0.1) is 26.2 Å². The van der Waals surface area contributed by atoms with E-state index in [1.807, 2.05) is 67.6 Å². The van der Waals surface area contributed by atoms with E-state index < -0.39 is 28.5 Å². The molecule has 0 radical (unpaired) electrons. The van der Waals surface area contributed by atoms with Crippen molar-refractivity contribution >= 4 is 27.5 Å². The lowest BCUT2D eigenvalue weighted by molar-refractivity contribution is -0.140. The summed E-state index contributed by atoms with van der Waals surface area (Å²) in [6.45, 7) is 2.11. The molecule has 3 rings (SSSR count). The molecule has 0 heterocycles. The van der Waals surface area contributed by atoms with Crippen molar-refractivity contribution in [3.63, 3.8) is 0 Å². The highest BCUT2D eigenvalue weighted by molar-refractivity contribution is 7.92. The summed E-state index contributed by atoms with van der Waals surface area (Å²) >= 11 is 0. The molecule has 1 N–H and O–H groups in total. The highest BCUT2D eigenvalue weighted by Gasteiger charge is 2.33. The Morgan fingerprint density at radius 3 is 2.10 bits per heavy atom. The zero-order chi connectivity index (χ0) is 29.8. The maximum absolute atomic E-state index is 14.1. The summed E-state index contributed by atoms with van der Waals surface area (Å²) in [5.74, 6) is -0.110. The van der Waals surface area contributed by atoms with Crippen LogP contribution in [-0.2, 0) is 32.6 Å². The molecule has 3 aromatic rings. The lowest BCUT2D eigenvalue weighted by Crippen LogP contribution is -2.53. The van der Waals surface area contributed by atoms with Crippen LogP contribution in [0.1, 0.15) is 30.9 Å². The molecule has 0 spiro atoms. The van der Waals surface area contributed by atoms with Crippen molar-refractivity contribution in [2.75, 3.05) is 37.9 Å². The fraction of sp³-hybridized carbons (Fsp3) is 0.355. The largest absolute Gasteiger partial charge is 0.497 e. The number of sulfonamides is 1. The molecule has 0 saturated heterocycles. The molecule has 1 atom stereocenters. The summed E-state index contributed by atoms with van der Waals surface area (Å²) in [4.78, 5) is 29.2. The van der Waals surface area contributed by atoms with Crippen LogP contribution < -0.4 is 19.1 Å². The number of nitrogens with zero attached hydrogens (tertiary/aromatic N) is 2. The maximum Gasteiger partial charge on any atom is 0.244 e. The van der Waals surface area contributed by atoms with Gasteiger partial charge in [-0.05, 0) is 29.7 Å². The molecule has 0 aliphatic heterocycles. The summed E-state index contributed by atoms with van der Waals surface area (Å²) in [6, 6.07) is 22.6. The van der Waals surface area contributed by atoms with Crippen LogP contribution in [0.3, 0.4) is 0 Å². The number of carbonyl (C=O) groups is 2. The molecule has 10 heteroatoms. The smallest absolute Gasteiger partial charge is 0.244 e. The van der Waals surface area contributed by atoms with Crippen molar-refractivity contribution < 1.29 is 27.5 Å². The molecule has 0 saturated carbocycles. The molecule has 0 aromatic heterocycles. The van der Waals surface area contributed by atoms with E-state index in [1.165, 1.54) is 25.2 Å². The van der Waals surface area contributed by atoms with Gasteiger partial charge in [-0.15, -0.1) is 0 Å². The number of ether oxygens (including phenoxy) is 2. The number of anilines is 1. The highest BCUT2D eigenvalue weighted by atomic mass is 32.2. The van der Waals surface area contributed by atoms with E-state index in [4.69, 9.17) is 9.47 Å². The maximum atomic E-state index is 14.1. The molecule has 3 aromatic carbocycles. The predicted molar refractivity (Wildman–Crippen MR) is 161 cm³/mol. The molecule has 0 aliphatic carbocycles. The van der Waals surface area contributed by atoms with Gasteiger partial charge < -0.3 is 19.7 Å². The average Bonchev–Trinajstić information content (AvgIpc) is 2.97. The Bertz CT molecular complexity index is 1380. The van der Waals surface area contributed by atoms with Crippen LogP contribution in [-0.4, -0.2) is 64.7 Å². The Labute approximate surface area is 243 Å². The zero-order valence-electron chi connectivity index (χ0n) is 24.1. The van der Waals surface area contributed by atoms with E-state index >= 15 is 0 Å². The van der Waals surface area contributed by atoms with Crippen molar-refractivity contribution in [1.82, 2.24) is 10.2 Å². The van der Waals surface area contributed by atoms with E-state index in [-0.39, 0.29) is 30.3 Å². The quantitative estimate of drug-likeness (QED) is 0.272. The van der Waals surface area contributed by atoms with E-state index in [0.717, 1.165) is 34.5 Å². The number of benzene rings is 3. The zero-order valence-corrected chi connectivity index (χ0v) is 24.9. The standard InChI is InChI=1S/C31H39N3O6S/c1-5-6-19-32-31(36)28(20-24-13-9-7-10-14-24)33(22-25-15-11-8-12-16-25)30(35)23-34(41(4,37)38)27-18-17-26(39-2)21-29(27)40-3/h7-18,21,28H,5-6,19-20,22-23H2,1-4H3,(H,32,36)/t28-/m1/s1. The number of rotatable bonds is 15. The summed E-state index contributed by atoms with van der Waals surface area (Å²) in [5, 5.41) is 2.97. The van der Waals surface area contributed by atoms with Crippen molar-refractivity contribution in [2.45, 2.75) is 38.8 Å². The Hall–Kier alpha value is -4.05. The first kappa shape index (κ1) is 31.5. The van der Waals surface area contributed by atoms with Crippen LogP contribution in [0.25, 0.3) is 0 Å². The van der Waals surface area contributed by atoms with Crippen molar-refractivity contribution in [2.24, 2.45) is 0 Å². The minimum Gasteiger partial charge on any atom is -0.497 e. The Morgan fingerprint density at radius 1 is 0.902 bits per heavy atom. The van der Waals surface area contributed by atoms with Gasteiger partial charge >= 0.3 is 0 Å². The van der Waals surface area contributed by atoms with Crippen LogP contribution in [0.4, 0.5) is 5.69 Å². The van der Waals surface area contributed by atoms with E-state index in [0.29, 0.717) is 12.3 Å². The fourth-order valence-corrected chi connectivity index (χ4v) is 5.28. The molecule has 2 amide bonds. The van der Waals surface area contributed by atoms with E-state index in [9.17, 15) is 18.0 Å². The third kappa shape index (κ3) is 8.97. The van der Waals surface area contributed by atoms with Gasteiger partial charge in [0.25, 0.3) is 0 Å². The summed E-state index contributed by atoms with van der Waals surface area (Å²) in [5.41, 5.74) is 1.88. The van der Waals surface area contributed by atoms with Gasteiger partial charge in [0.1, 0.15) is 24.1 Å². The monoisotopic (exact) mass is 581 g/mol. The second-order valence-electron chi connectivity index (χ2n) is 9.66. The van der Waals surface area contributed by atoms with E-state index in [1.54, 1.807) is 12.1 Å². The Balaban J connectivity index is 2.05. The number of amides is 2. The van der Waals surface area contributed by atoms with E-state index in [2.05, 4.69) is 5.32 Å². The van der Waals surface area contributed by atoms with Gasteiger partial charge in [0.2, 0.25) is 21.8 Å². The molecular formula is C31H39N3O6S. The molecule has 9 nitrogen and oxygen atoms in total. The first-order valence-electron chi connectivity index (χ1n) is 13.5. The molecular weight excluding hydrogens is 542 g/mol. The molecule has 0 unspecified atom stereocenters. The third-order valence-electron chi connectivity index (χ3n) is 6.63. The number of carbonyl (C=O) groups excluding carboxylic acids is 2. The van der Waals surface area contributed by atoms with Crippen LogP contribution in [0.5, 0.6) is 11.5 Å². The number of hydrogen-bond donors (Lipinski definition) is 1. The molecule has 0 fully saturated rings. The van der Waals surface area contributed by atoms with Crippen molar-refractivity contribution in [3.8, 4) is 11.5 Å². The molecule has 0 bridgehead atoms. The van der Waals surface area contributed by atoms with Crippen LogP contribution in [0.15, 0.2) is 78.9 Å². The Kier molecular flexibility index (Phi) is 11.6. The minimum absolute atomic E-state index is 0.121. The first-order valence-corrected chi connectivity index (χ1v) is 15.4. The topological polar surface area (TPSA) is 105 Å². The molecule has 220 valence electrons. The summed E-state index contributed by atoms with van der Waals surface area (Å²) < 4.78 is 37.8. The molecule has 41 heavy (non-hydrogen) atoms. The van der Waals surface area contributed by atoms with Gasteiger partial charge in [-0.1, -0.05) is 74.0 Å². The number of hydrogen-bond acceptors (Lipinski definition) is 6. The van der Waals surface area contributed by atoms with Gasteiger partial charge in [-0.2, -0.15) is 0 Å². The lowest BCUT2D eigenvalue weighted by Gasteiger charge is -2.33. The number of unbranched alkanes of at least 4 members (excludes halogenated alkanes) is 1. The summed E-state index contributed by atoms with van der Waals surface area (Å²) in [7, 11) is -1.02. The highest BCUT2D eigenvalue weighted by Crippen LogP contribution is 2.33. The predicted octanol–water partition coefficient (Wildman–Crippen LogP) is 4.03. The van der Waals surface area contributed by atoms with Gasteiger partial charge in [0, 0.05) is 25.6 Å². The SMILES string of the molecule is CCCCNC(=O)[C@@H](Cc1ccccc1)N(Cc1ccccc1)C(=O)CN(c1ccc(OC)cc1OC)S(C)(=O)=O.